The topological polar surface area (TPSA) is 98.7 Å². The first kappa shape index (κ1) is 23.2. The molecule has 2 bridgehead atoms. The zero-order chi connectivity index (χ0) is 25.5. The second-order valence-electron chi connectivity index (χ2n) is 9.68. The summed E-state index contributed by atoms with van der Waals surface area (Å²) in [6, 6.07) is 9.31. The van der Waals surface area contributed by atoms with Gasteiger partial charge in [-0.3, -0.25) is 9.88 Å². The average molecular weight is 496 g/mol. The molecule has 3 aliphatic heterocycles. The molecule has 4 aromatic rings. The number of anilines is 2. The van der Waals surface area contributed by atoms with Crippen LogP contribution in [0, 0.1) is 11.3 Å². The standard InChI is InChI=1S/C27H29N9O/c1-4-33(2)20-8-23(27-19(9-28)11-32-36(27)17-20)24-12-30-25(13-29-24)34-15-21-7-22(16-34)35(21)14-18-5-6-26(37-3)31-10-18/h5-6,8,10-13,17,21-22H,4,7,14-16H2,1-3H3. The van der Waals surface area contributed by atoms with Crippen molar-refractivity contribution < 1.29 is 4.74 Å². The van der Waals surface area contributed by atoms with Crippen molar-refractivity contribution in [3.05, 3.63) is 60.3 Å². The van der Waals surface area contributed by atoms with E-state index in [0.717, 1.165) is 54.5 Å². The van der Waals surface area contributed by atoms with Gasteiger partial charge in [0.2, 0.25) is 5.88 Å². The molecule has 0 amide bonds. The zero-order valence-corrected chi connectivity index (χ0v) is 21.2. The average Bonchev–Trinajstić information content (AvgIpc) is 3.38. The quantitative estimate of drug-likeness (QED) is 0.383. The lowest BCUT2D eigenvalue weighted by Crippen LogP contribution is -2.68. The maximum Gasteiger partial charge on any atom is 0.212 e. The van der Waals surface area contributed by atoms with E-state index in [1.165, 1.54) is 12.0 Å². The lowest BCUT2D eigenvalue weighted by atomic mass is 9.87. The molecule has 7 rings (SSSR count). The zero-order valence-electron chi connectivity index (χ0n) is 21.2. The van der Waals surface area contributed by atoms with Gasteiger partial charge in [0.1, 0.15) is 11.9 Å². The van der Waals surface area contributed by atoms with Gasteiger partial charge in [0.05, 0.1) is 54.4 Å². The number of fused-ring (bicyclic) bond motifs is 3. The van der Waals surface area contributed by atoms with Crippen molar-refractivity contribution in [1.29, 1.82) is 5.26 Å². The van der Waals surface area contributed by atoms with Crippen LogP contribution >= 0.6 is 0 Å². The van der Waals surface area contributed by atoms with Crippen LogP contribution in [0.15, 0.2) is 49.2 Å². The predicted molar refractivity (Wildman–Crippen MR) is 141 cm³/mol. The predicted octanol–water partition coefficient (Wildman–Crippen LogP) is 2.99. The second kappa shape index (κ2) is 9.33. The number of piperidine rings is 1. The summed E-state index contributed by atoms with van der Waals surface area (Å²) in [4.78, 5) is 20.9. The molecule has 188 valence electrons. The Hall–Kier alpha value is -4.23. The molecular formula is C27H29N9O. The van der Waals surface area contributed by atoms with Crippen molar-refractivity contribution in [2.75, 3.05) is 43.6 Å². The third kappa shape index (κ3) is 4.11. The molecule has 4 aromatic heterocycles. The van der Waals surface area contributed by atoms with E-state index in [0.29, 0.717) is 23.5 Å². The molecule has 10 heteroatoms. The minimum absolute atomic E-state index is 0.494. The van der Waals surface area contributed by atoms with Gasteiger partial charge in [-0.2, -0.15) is 10.4 Å². The van der Waals surface area contributed by atoms with E-state index in [1.54, 1.807) is 17.8 Å². The number of nitriles is 1. The fourth-order valence-corrected chi connectivity index (χ4v) is 5.37. The van der Waals surface area contributed by atoms with Gasteiger partial charge >= 0.3 is 0 Å². The highest BCUT2D eigenvalue weighted by Crippen LogP contribution is 2.36. The Balaban J connectivity index is 1.21. The number of rotatable bonds is 7. The van der Waals surface area contributed by atoms with Crippen molar-refractivity contribution in [2.45, 2.75) is 32.0 Å². The summed E-state index contributed by atoms with van der Waals surface area (Å²) in [6.45, 7) is 5.70. The number of pyridine rings is 2. The minimum atomic E-state index is 0.494. The monoisotopic (exact) mass is 495 g/mol. The molecule has 3 aliphatic rings. The van der Waals surface area contributed by atoms with Crippen LogP contribution in [-0.4, -0.2) is 75.3 Å². The summed E-state index contributed by atoms with van der Waals surface area (Å²) in [5.74, 6) is 1.53. The van der Waals surface area contributed by atoms with E-state index in [9.17, 15) is 5.26 Å². The number of hydrogen-bond donors (Lipinski definition) is 0. The molecule has 2 unspecified atom stereocenters. The third-order valence-electron chi connectivity index (χ3n) is 7.59. The fraction of sp³-hybridized carbons (Fsp3) is 0.370. The molecule has 0 radical (unpaired) electrons. The molecule has 0 aliphatic carbocycles. The smallest absolute Gasteiger partial charge is 0.212 e. The van der Waals surface area contributed by atoms with Crippen LogP contribution in [0.4, 0.5) is 11.5 Å². The fourth-order valence-electron chi connectivity index (χ4n) is 5.37. The summed E-state index contributed by atoms with van der Waals surface area (Å²) in [7, 11) is 3.67. The van der Waals surface area contributed by atoms with Crippen molar-refractivity contribution in [3.8, 4) is 23.2 Å². The van der Waals surface area contributed by atoms with Crippen LogP contribution in [0.25, 0.3) is 16.8 Å². The largest absolute Gasteiger partial charge is 0.481 e. The number of methoxy groups -OCH3 is 1. The molecule has 7 heterocycles. The van der Waals surface area contributed by atoms with Crippen LogP contribution in [-0.2, 0) is 6.54 Å². The molecule has 0 N–H and O–H groups in total. The highest BCUT2D eigenvalue weighted by Gasteiger charge is 2.44. The Morgan fingerprint density at radius 1 is 1.11 bits per heavy atom. The number of hydrogen-bond acceptors (Lipinski definition) is 9. The number of piperazine rings is 1. The van der Waals surface area contributed by atoms with Crippen molar-refractivity contribution in [2.24, 2.45) is 0 Å². The first-order chi connectivity index (χ1) is 18.1. The Morgan fingerprint density at radius 2 is 1.95 bits per heavy atom. The van der Waals surface area contributed by atoms with Crippen LogP contribution in [0.3, 0.4) is 0 Å². The molecule has 2 atom stereocenters. The van der Waals surface area contributed by atoms with Gasteiger partial charge in [0.25, 0.3) is 0 Å². The van der Waals surface area contributed by atoms with Crippen molar-refractivity contribution in [3.63, 3.8) is 0 Å². The van der Waals surface area contributed by atoms with E-state index in [1.807, 2.05) is 37.9 Å². The van der Waals surface area contributed by atoms with E-state index < -0.39 is 0 Å². The minimum Gasteiger partial charge on any atom is -0.481 e. The van der Waals surface area contributed by atoms with Crippen molar-refractivity contribution in [1.82, 2.24) is 29.5 Å². The summed E-state index contributed by atoms with van der Waals surface area (Å²) in [5, 5.41) is 14.0. The second-order valence-corrected chi connectivity index (χ2v) is 9.68. The summed E-state index contributed by atoms with van der Waals surface area (Å²) in [6.07, 6.45) is 10.3. The van der Waals surface area contributed by atoms with Crippen LogP contribution in [0.1, 0.15) is 24.5 Å². The highest BCUT2D eigenvalue weighted by molar-refractivity contribution is 5.85. The van der Waals surface area contributed by atoms with Gasteiger partial charge in [-0.05, 0) is 25.0 Å². The normalized spacial score (nSPS) is 18.9. The highest BCUT2D eigenvalue weighted by atomic mass is 16.5. The maximum atomic E-state index is 9.63. The van der Waals surface area contributed by atoms with E-state index in [-0.39, 0.29) is 0 Å². The number of nitrogens with zero attached hydrogens (tertiary/aromatic N) is 9. The Morgan fingerprint density at radius 3 is 2.59 bits per heavy atom. The molecule has 0 aromatic carbocycles. The third-order valence-corrected chi connectivity index (χ3v) is 7.59. The Labute approximate surface area is 215 Å². The number of aromatic nitrogens is 5. The van der Waals surface area contributed by atoms with E-state index in [2.05, 4.69) is 49.9 Å². The van der Waals surface area contributed by atoms with Crippen LogP contribution in [0.5, 0.6) is 5.88 Å². The summed E-state index contributed by atoms with van der Waals surface area (Å²) < 4.78 is 6.93. The van der Waals surface area contributed by atoms with E-state index >= 15 is 0 Å². The van der Waals surface area contributed by atoms with Gasteiger partial charge < -0.3 is 14.5 Å². The maximum absolute atomic E-state index is 9.63. The molecular weight excluding hydrogens is 466 g/mol. The van der Waals surface area contributed by atoms with Gasteiger partial charge in [0.15, 0.2) is 0 Å². The SMILES string of the molecule is CCN(C)c1cc(-c2cnc(N3CC4CC(C3)N4Cc3ccc(OC)nc3)cn2)c2c(C#N)cnn2c1. The molecule has 0 spiro atoms. The number of ether oxygens (including phenoxy) is 1. The molecule has 10 nitrogen and oxygen atoms in total. The van der Waals surface area contributed by atoms with Crippen molar-refractivity contribution >= 4 is 17.0 Å². The van der Waals surface area contributed by atoms with Gasteiger partial charge in [-0.25, -0.2) is 14.5 Å². The lowest BCUT2D eigenvalue weighted by Gasteiger charge is -2.56. The van der Waals surface area contributed by atoms with E-state index in [4.69, 9.17) is 14.7 Å². The van der Waals surface area contributed by atoms with Gasteiger partial charge in [0, 0.05) is 63.1 Å². The Kier molecular flexibility index (Phi) is 5.85. The summed E-state index contributed by atoms with van der Waals surface area (Å²) >= 11 is 0. The Bertz CT molecular complexity index is 1450. The summed E-state index contributed by atoms with van der Waals surface area (Å²) in [5.41, 5.74) is 5.06. The first-order valence-electron chi connectivity index (χ1n) is 12.5. The molecule has 3 saturated heterocycles. The van der Waals surface area contributed by atoms with Crippen LogP contribution < -0.4 is 14.5 Å². The lowest BCUT2D eigenvalue weighted by molar-refractivity contribution is -0.00879. The van der Waals surface area contributed by atoms with Gasteiger partial charge in [-0.15, -0.1) is 0 Å². The first-order valence-corrected chi connectivity index (χ1v) is 12.5. The molecule has 3 fully saturated rings. The van der Waals surface area contributed by atoms with Crippen LogP contribution in [0.2, 0.25) is 0 Å². The van der Waals surface area contributed by atoms with Gasteiger partial charge in [-0.1, -0.05) is 6.07 Å². The molecule has 37 heavy (non-hydrogen) atoms. The molecule has 0 saturated carbocycles.